The van der Waals surface area contributed by atoms with Gasteiger partial charge in [-0.05, 0) is 41.3 Å². The lowest BCUT2D eigenvalue weighted by molar-refractivity contribution is 1.15. The first-order valence-corrected chi connectivity index (χ1v) is 6.90. The number of anilines is 1. The molecule has 0 unspecified atom stereocenters. The molecule has 102 valence electrons. The summed E-state index contributed by atoms with van der Waals surface area (Å²) < 4.78 is 0. The fraction of sp³-hybridized carbons (Fsp3) is 0.0588. The summed E-state index contributed by atoms with van der Waals surface area (Å²) in [7, 11) is 0. The van der Waals surface area contributed by atoms with Gasteiger partial charge >= 0.3 is 0 Å². The van der Waals surface area contributed by atoms with Crippen molar-refractivity contribution in [2.75, 3.05) is 5.32 Å². The number of nitrogens with zero attached hydrogens (tertiary/aromatic N) is 2. The lowest BCUT2D eigenvalue weighted by atomic mass is 10.1. The number of nitrogens with one attached hydrogen (secondary N) is 1. The Kier molecular flexibility index (Phi) is 3.72. The number of nitriles is 1. The molecule has 4 heteroatoms. The first-order chi connectivity index (χ1) is 10.3. The number of fused-ring (bicyclic) bond motifs is 1. The Bertz CT molecular complexity index is 837. The van der Waals surface area contributed by atoms with Crippen molar-refractivity contribution in [1.82, 2.24) is 4.98 Å². The Morgan fingerprint density at radius 2 is 2.00 bits per heavy atom. The second-order valence-corrected chi connectivity index (χ2v) is 5.12. The number of hydrogen-bond acceptors (Lipinski definition) is 3. The van der Waals surface area contributed by atoms with Crippen molar-refractivity contribution < 1.29 is 0 Å². The maximum absolute atomic E-state index is 8.98. The van der Waals surface area contributed by atoms with E-state index >= 15 is 0 Å². The zero-order chi connectivity index (χ0) is 14.7. The van der Waals surface area contributed by atoms with Gasteiger partial charge in [-0.15, -0.1) is 0 Å². The summed E-state index contributed by atoms with van der Waals surface area (Å²) in [5, 5.41) is 15.0. The van der Waals surface area contributed by atoms with E-state index in [1.165, 1.54) is 5.56 Å². The normalized spacial score (nSPS) is 10.3. The van der Waals surface area contributed by atoms with Crippen LogP contribution in [0.3, 0.4) is 0 Å². The van der Waals surface area contributed by atoms with Crippen LogP contribution in [0.2, 0.25) is 5.02 Å². The SMILES string of the molecule is N#Cc1cc(NCc2ccc3cnccc3c2)ccc1Cl. The summed E-state index contributed by atoms with van der Waals surface area (Å²) >= 11 is 5.92. The summed E-state index contributed by atoms with van der Waals surface area (Å²) in [5.74, 6) is 0. The molecule has 3 nitrogen and oxygen atoms in total. The molecule has 1 N–H and O–H groups in total. The van der Waals surface area contributed by atoms with E-state index in [1.54, 1.807) is 18.3 Å². The van der Waals surface area contributed by atoms with Gasteiger partial charge in [-0.1, -0.05) is 23.7 Å². The van der Waals surface area contributed by atoms with Gasteiger partial charge in [0.25, 0.3) is 0 Å². The highest BCUT2D eigenvalue weighted by molar-refractivity contribution is 6.31. The third-order valence-electron chi connectivity index (χ3n) is 3.29. The molecule has 0 radical (unpaired) electrons. The maximum atomic E-state index is 8.98. The molecular formula is C17H12ClN3. The van der Waals surface area contributed by atoms with Gasteiger partial charge in [0.05, 0.1) is 10.6 Å². The van der Waals surface area contributed by atoms with Crippen LogP contribution in [0.25, 0.3) is 10.8 Å². The van der Waals surface area contributed by atoms with Crippen molar-refractivity contribution in [3.8, 4) is 6.07 Å². The highest BCUT2D eigenvalue weighted by atomic mass is 35.5. The monoisotopic (exact) mass is 293 g/mol. The van der Waals surface area contributed by atoms with E-state index in [0.29, 0.717) is 17.1 Å². The molecule has 0 aliphatic rings. The Hall–Kier alpha value is -2.57. The lowest BCUT2D eigenvalue weighted by Gasteiger charge is -2.08. The highest BCUT2D eigenvalue weighted by Gasteiger charge is 2.02. The van der Waals surface area contributed by atoms with E-state index in [4.69, 9.17) is 16.9 Å². The van der Waals surface area contributed by atoms with Gasteiger partial charge in [0.15, 0.2) is 0 Å². The average molecular weight is 294 g/mol. The van der Waals surface area contributed by atoms with E-state index in [-0.39, 0.29) is 0 Å². The Labute approximate surface area is 127 Å². The minimum absolute atomic E-state index is 0.473. The smallest absolute Gasteiger partial charge is 0.101 e. The fourth-order valence-electron chi connectivity index (χ4n) is 2.17. The standard InChI is InChI=1S/C17H12ClN3/c18-17-4-3-16(8-15(17)9-19)21-10-12-1-2-14-11-20-6-5-13(14)7-12/h1-8,11,21H,10H2. The van der Waals surface area contributed by atoms with Gasteiger partial charge in [0.1, 0.15) is 6.07 Å². The number of benzene rings is 2. The van der Waals surface area contributed by atoms with Crippen LogP contribution in [0.1, 0.15) is 11.1 Å². The average Bonchev–Trinajstić information content (AvgIpc) is 2.54. The van der Waals surface area contributed by atoms with Crippen LogP contribution in [-0.2, 0) is 6.54 Å². The molecule has 0 aliphatic carbocycles. The van der Waals surface area contributed by atoms with Crippen molar-refractivity contribution in [2.45, 2.75) is 6.54 Å². The van der Waals surface area contributed by atoms with Crippen LogP contribution in [0, 0.1) is 11.3 Å². The Balaban J connectivity index is 1.78. The van der Waals surface area contributed by atoms with Gasteiger partial charge < -0.3 is 5.32 Å². The highest BCUT2D eigenvalue weighted by Crippen LogP contribution is 2.21. The molecule has 21 heavy (non-hydrogen) atoms. The van der Waals surface area contributed by atoms with Crippen molar-refractivity contribution in [3.05, 3.63) is 71.0 Å². The van der Waals surface area contributed by atoms with Gasteiger partial charge in [-0.3, -0.25) is 4.98 Å². The molecule has 0 fully saturated rings. The second kappa shape index (κ2) is 5.82. The molecule has 3 rings (SSSR count). The van der Waals surface area contributed by atoms with E-state index in [1.807, 2.05) is 18.3 Å². The number of hydrogen-bond donors (Lipinski definition) is 1. The minimum atomic E-state index is 0.473. The van der Waals surface area contributed by atoms with E-state index < -0.39 is 0 Å². The molecule has 0 amide bonds. The number of rotatable bonds is 3. The first kappa shape index (κ1) is 13.4. The van der Waals surface area contributed by atoms with Gasteiger partial charge in [0.2, 0.25) is 0 Å². The fourth-order valence-corrected chi connectivity index (χ4v) is 2.33. The van der Waals surface area contributed by atoms with E-state index in [2.05, 4.69) is 34.6 Å². The maximum Gasteiger partial charge on any atom is 0.101 e. The van der Waals surface area contributed by atoms with Crippen LogP contribution in [0.4, 0.5) is 5.69 Å². The van der Waals surface area contributed by atoms with Crippen LogP contribution in [0.15, 0.2) is 54.9 Å². The minimum Gasteiger partial charge on any atom is -0.381 e. The summed E-state index contributed by atoms with van der Waals surface area (Å²) in [6, 6.07) is 15.7. The zero-order valence-electron chi connectivity index (χ0n) is 11.2. The molecule has 2 aromatic carbocycles. The number of halogens is 1. The van der Waals surface area contributed by atoms with E-state index in [0.717, 1.165) is 16.5 Å². The van der Waals surface area contributed by atoms with Gasteiger partial charge in [0, 0.05) is 30.0 Å². The molecule has 0 aliphatic heterocycles. The molecule has 1 heterocycles. The molecule has 0 saturated carbocycles. The molecule has 1 aromatic heterocycles. The van der Waals surface area contributed by atoms with Gasteiger partial charge in [-0.25, -0.2) is 0 Å². The van der Waals surface area contributed by atoms with Crippen LogP contribution >= 0.6 is 11.6 Å². The Morgan fingerprint density at radius 1 is 1.10 bits per heavy atom. The third kappa shape index (κ3) is 2.96. The van der Waals surface area contributed by atoms with Crippen LogP contribution in [-0.4, -0.2) is 4.98 Å². The number of aromatic nitrogens is 1. The summed E-state index contributed by atoms with van der Waals surface area (Å²) in [6.07, 6.45) is 3.64. The van der Waals surface area contributed by atoms with Crippen molar-refractivity contribution in [1.29, 1.82) is 5.26 Å². The lowest BCUT2D eigenvalue weighted by Crippen LogP contribution is -1.99. The second-order valence-electron chi connectivity index (χ2n) is 4.72. The van der Waals surface area contributed by atoms with Crippen LogP contribution in [0.5, 0.6) is 0 Å². The first-order valence-electron chi connectivity index (χ1n) is 6.52. The zero-order valence-corrected chi connectivity index (χ0v) is 11.9. The molecule has 0 saturated heterocycles. The molecule has 0 bridgehead atoms. The Morgan fingerprint density at radius 3 is 2.86 bits per heavy atom. The predicted molar refractivity (Wildman–Crippen MR) is 85.2 cm³/mol. The van der Waals surface area contributed by atoms with E-state index in [9.17, 15) is 0 Å². The predicted octanol–water partition coefficient (Wildman–Crippen LogP) is 4.37. The van der Waals surface area contributed by atoms with Crippen molar-refractivity contribution in [3.63, 3.8) is 0 Å². The molecular weight excluding hydrogens is 282 g/mol. The summed E-state index contributed by atoms with van der Waals surface area (Å²) in [5.41, 5.74) is 2.53. The van der Waals surface area contributed by atoms with Crippen LogP contribution < -0.4 is 5.32 Å². The molecule has 0 atom stereocenters. The summed E-state index contributed by atoms with van der Waals surface area (Å²) in [4.78, 5) is 4.10. The largest absolute Gasteiger partial charge is 0.381 e. The number of pyridine rings is 1. The summed E-state index contributed by atoms with van der Waals surface area (Å²) in [6.45, 7) is 0.685. The topological polar surface area (TPSA) is 48.7 Å². The third-order valence-corrected chi connectivity index (χ3v) is 3.62. The van der Waals surface area contributed by atoms with Crippen molar-refractivity contribution >= 4 is 28.1 Å². The quantitative estimate of drug-likeness (QED) is 0.780. The molecule has 0 spiro atoms. The molecule has 3 aromatic rings. The van der Waals surface area contributed by atoms with Crippen molar-refractivity contribution in [2.24, 2.45) is 0 Å². The van der Waals surface area contributed by atoms with Gasteiger partial charge in [-0.2, -0.15) is 5.26 Å².